The smallest absolute Gasteiger partial charge is 0.265 e. The zero-order valence-corrected chi connectivity index (χ0v) is 19.8. The molecule has 0 saturated carbocycles. The highest BCUT2D eigenvalue weighted by atomic mass is 35.5. The molecule has 0 aliphatic carbocycles. The van der Waals surface area contributed by atoms with Gasteiger partial charge >= 0.3 is 0 Å². The first kappa shape index (κ1) is 24.7. The third-order valence-electron chi connectivity index (χ3n) is 4.63. The van der Waals surface area contributed by atoms with Crippen LogP contribution < -0.4 is 24.3 Å². The van der Waals surface area contributed by atoms with Crippen LogP contribution in [0.5, 0.6) is 23.0 Å². The molecule has 0 unspecified atom stereocenters. The normalized spacial score (nSPS) is 10.6. The van der Waals surface area contributed by atoms with E-state index in [0.29, 0.717) is 40.3 Å². The van der Waals surface area contributed by atoms with Gasteiger partial charge in [-0.1, -0.05) is 28.9 Å². The van der Waals surface area contributed by atoms with Gasteiger partial charge in [-0.25, -0.2) is 0 Å². The lowest BCUT2D eigenvalue weighted by Gasteiger charge is -2.11. The first-order valence-corrected chi connectivity index (χ1v) is 10.6. The van der Waals surface area contributed by atoms with Gasteiger partial charge in [0, 0.05) is 22.3 Å². The van der Waals surface area contributed by atoms with Gasteiger partial charge in [0.05, 0.1) is 27.5 Å². The fraction of sp³-hybridized carbons (Fsp3) is 0.200. The summed E-state index contributed by atoms with van der Waals surface area (Å²) in [5, 5.41) is 7.23. The van der Waals surface area contributed by atoms with Crippen molar-refractivity contribution in [2.45, 2.75) is 6.61 Å². The topological polar surface area (TPSA) is 87.6 Å². The number of methoxy groups -OCH3 is 3. The molecule has 0 aliphatic heterocycles. The van der Waals surface area contributed by atoms with E-state index >= 15 is 0 Å². The Bertz CT molecular complexity index is 1130. The first-order chi connectivity index (χ1) is 16.5. The van der Waals surface area contributed by atoms with Crippen molar-refractivity contribution in [1.29, 1.82) is 0 Å². The number of nitrogens with one attached hydrogen (secondary N) is 1. The van der Waals surface area contributed by atoms with Crippen LogP contribution >= 0.6 is 11.6 Å². The maximum atomic E-state index is 12.1. The van der Waals surface area contributed by atoms with E-state index in [-0.39, 0.29) is 12.5 Å². The average molecular weight is 485 g/mol. The largest absolute Gasteiger partial charge is 0.493 e. The number of ether oxygens (including phenoxy) is 4. The molecule has 8 nitrogen and oxygen atoms in total. The summed E-state index contributed by atoms with van der Waals surface area (Å²) in [4.78, 5) is 17.2. The molecule has 34 heavy (non-hydrogen) atoms. The number of halogens is 1. The first-order valence-electron chi connectivity index (χ1n) is 10.2. The second-order valence-electron chi connectivity index (χ2n) is 6.95. The molecule has 0 fully saturated rings. The molecule has 0 aromatic heterocycles. The summed E-state index contributed by atoms with van der Waals surface area (Å²) in [6.45, 7) is 0.115. The third kappa shape index (κ3) is 7.05. The van der Waals surface area contributed by atoms with Crippen molar-refractivity contribution >= 4 is 29.4 Å². The van der Waals surface area contributed by atoms with E-state index in [4.69, 9.17) is 35.4 Å². The molecule has 0 aliphatic rings. The standard InChI is InChI=1S/C25H25ClN2O6/c1-30-21-11-9-20(13-24(21)32-3)28-25(29)16-34-27-14-18-6-10-22(23(12-18)31-2)33-15-17-4-7-19(26)8-5-17/h4-14H,15-16H2,1-3H3,(H,28,29)/b27-14+. The fourth-order valence-electron chi connectivity index (χ4n) is 2.93. The van der Waals surface area contributed by atoms with Gasteiger partial charge in [0.2, 0.25) is 0 Å². The van der Waals surface area contributed by atoms with Crippen LogP contribution in [0.15, 0.2) is 65.8 Å². The maximum absolute atomic E-state index is 12.1. The predicted molar refractivity (Wildman–Crippen MR) is 130 cm³/mol. The van der Waals surface area contributed by atoms with Gasteiger partial charge in [-0.3, -0.25) is 4.79 Å². The lowest BCUT2D eigenvalue weighted by Crippen LogP contribution is -2.17. The number of benzene rings is 3. The molecular formula is C25H25ClN2O6. The Labute approximate surface area is 203 Å². The minimum Gasteiger partial charge on any atom is -0.493 e. The predicted octanol–water partition coefficient (Wildman–Crippen LogP) is 4.93. The Kier molecular flexibility index (Phi) is 8.99. The Morgan fingerprint density at radius 1 is 0.882 bits per heavy atom. The number of carbonyl (C=O) groups excluding carboxylic acids is 1. The number of carbonyl (C=O) groups is 1. The number of nitrogens with zero attached hydrogens (tertiary/aromatic N) is 1. The van der Waals surface area contributed by atoms with Gasteiger partial charge in [0.1, 0.15) is 6.61 Å². The zero-order valence-electron chi connectivity index (χ0n) is 19.0. The molecule has 3 aromatic carbocycles. The summed E-state index contributed by atoms with van der Waals surface area (Å²) in [6, 6.07) is 17.8. The van der Waals surface area contributed by atoms with Gasteiger partial charge in [-0.15, -0.1) is 0 Å². The molecule has 178 valence electrons. The molecule has 0 saturated heterocycles. The molecule has 1 amide bonds. The molecule has 0 atom stereocenters. The molecule has 9 heteroatoms. The van der Waals surface area contributed by atoms with Gasteiger partial charge in [0.15, 0.2) is 29.6 Å². The van der Waals surface area contributed by atoms with E-state index < -0.39 is 0 Å². The van der Waals surface area contributed by atoms with Crippen LogP contribution in [0.1, 0.15) is 11.1 Å². The van der Waals surface area contributed by atoms with Crippen LogP contribution in [0.4, 0.5) is 5.69 Å². The molecule has 0 spiro atoms. The van der Waals surface area contributed by atoms with Crippen molar-refractivity contribution in [3.05, 3.63) is 76.8 Å². The Hall–Kier alpha value is -3.91. The van der Waals surface area contributed by atoms with Crippen molar-refractivity contribution in [3.63, 3.8) is 0 Å². The number of amides is 1. The van der Waals surface area contributed by atoms with Crippen molar-refractivity contribution < 1.29 is 28.6 Å². The molecule has 3 aromatic rings. The van der Waals surface area contributed by atoms with Gasteiger partial charge in [-0.05, 0) is 48.0 Å². The van der Waals surface area contributed by atoms with E-state index in [1.807, 2.05) is 24.3 Å². The van der Waals surface area contributed by atoms with Crippen molar-refractivity contribution in [2.75, 3.05) is 33.3 Å². The Balaban J connectivity index is 1.51. The summed E-state index contributed by atoms with van der Waals surface area (Å²) in [5.74, 6) is 1.84. The van der Waals surface area contributed by atoms with Crippen molar-refractivity contribution in [3.8, 4) is 23.0 Å². The van der Waals surface area contributed by atoms with Gasteiger partial charge in [-0.2, -0.15) is 0 Å². The molecule has 1 N–H and O–H groups in total. The lowest BCUT2D eigenvalue weighted by atomic mass is 10.2. The quantitative estimate of drug-likeness (QED) is 0.306. The van der Waals surface area contributed by atoms with E-state index in [2.05, 4.69) is 10.5 Å². The maximum Gasteiger partial charge on any atom is 0.265 e. The van der Waals surface area contributed by atoms with Crippen LogP contribution in [0.2, 0.25) is 5.02 Å². The number of anilines is 1. The highest BCUT2D eigenvalue weighted by molar-refractivity contribution is 6.30. The van der Waals surface area contributed by atoms with E-state index in [0.717, 1.165) is 11.1 Å². The van der Waals surface area contributed by atoms with Gasteiger partial charge < -0.3 is 29.1 Å². The SMILES string of the molecule is COc1ccc(NC(=O)CO/N=C/c2ccc(OCc3ccc(Cl)cc3)c(OC)c2)cc1OC. The lowest BCUT2D eigenvalue weighted by molar-refractivity contribution is -0.120. The fourth-order valence-corrected chi connectivity index (χ4v) is 3.06. The second kappa shape index (κ2) is 12.4. The van der Waals surface area contributed by atoms with Crippen molar-refractivity contribution in [1.82, 2.24) is 0 Å². The van der Waals surface area contributed by atoms with Crippen LogP contribution in [0, 0.1) is 0 Å². The third-order valence-corrected chi connectivity index (χ3v) is 4.89. The molecule has 3 rings (SSSR count). The van der Waals surface area contributed by atoms with Crippen molar-refractivity contribution in [2.24, 2.45) is 5.16 Å². The summed E-state index contributed by atoms with van der Waals surface area (Å²) in [7, 11) is 4.62. The van der Waals surface area contributed by atoms with Crippen LogP contribution in [-0.2, 0) is 16.2 Å². The zero-order chi connectivity index (χ0) is 24.3. The summed E-state index contributed by atoms with van der Waals surface area (Å²) >= 11 is 5.91. The molecular weight excluding hydrogens is 460 g/mol. The van der Waals surface area contributed by atoms with Crippen LogP contribution in [0.3, 0.4) is 0 Å². The summed E-state index contributed by atoms with van der Waals surface area (Å²) < 4.78 is 21.6. The number of oxime groups is 1. The molecule has 0 radical (unpaired) electrons. The van der Waals surface area contributed by atoms with E-state index in [1.54, 1.807) is 50.6 Å². The van der Waals surface area contributed by atoms with E-state index in [9.17, 15) is 4.79 Å². The van der Waals surface area contributed by atoms with E-state index in [1.165, 1.54) is 13.3 Å². The van der Waals surface area contributed by atoms with Crippen LogP contribution in [-0.4, -0.2) is 40.1 Å². The highest BCUT2D eigenvalue weighted by Crippen LogP contribution is 2.30. The minimum atomic E-state index is -0.368. The molecule has 0 heterocycles. The monoisotopic (exact) mass is 484 g/mol. The Morgan fingerprint density at radius 2 is 1.56 bits per heavy atom. The Morgan fingerprint density at radius 3 is 2.26 bits per heavy atom. The second-order valence-corrected chi connectivity index (χ2v) is 7.39. The average Bonchev–Trinajstić information content (AvgIpc) is 2.86. The number of hydrogen-bond donors (Lipinski definition) is 1. The number of hydrogen-bond acceptors (Lipinski definition) is 7. The number of rotatable bonds is 11. The summed E-state index contributed by atoms with van der Waals surface area (Å²) in [6.07, 6.45) is 1.48. The highest BCUT2D eigenvalue weighted by Gasteiger charge is 2.08. The summed E-state index contributed by atoms with van der Waals surface area (Å²) in [5.41, 5.74) is 2.25. The molecule has 0 bridgehead atoms. The minimum absolute atomic E-state index is 0.260. The van der Waals surface area contributed by atoms with Crippen LogP contribution in [0.25, 0.3) is 0 Å². The van der Waals surface area contributed by atoms with Gasteiger partial charge in [0.25, 0.3) is 5.91 Å².